The third-order valence-electron chi connectivity index (χ3n) is 2.20. The van der Waals surface area contributed by atoms with Gasteiger partial charge in [0.25, 0.3) is 0 Å². The number of carbonyl (C=O) groups excluding carboxylic acids is 1. The molecule has 0 spiro atoms. The van der Waals surface area contributed by atoms with Gasteiger partial charge >= 0.3 is 0 Å². The average molecular weight is 348 g/mol. The Morgan fingerprint density at radius 1 is 1.56 bits per heavy atom. The Hall–Kier alpha value is -0.690. The summed E-state index contributed by atoms with van der Waals surface area (Å²) >= 11 is 7.02. The second-order valence-corrected chi connectivity index (χ2v) is 4.97. The summed E-state index contributed by atoms with van der Waals surface area (Å²) in [4.78, 5) is 12.1. The summed E-state index contributed by atoms with van der Waals surface area (Å²) in [5.41, 5.74) is 6.30. The van der Waals surface area contributed by atoms with Gasteiger partial charge in [0.15, 0.2) is 0 Å². The Morgan fingerprint density at radius 3 is 2.69 bits per heavy atom. The lowest BCUT2D eigenvalue weighted by molar-refractivity contribution is -0.118. The molecule has 3 N–H and O–H groups in total. The Labute approximate surface area is 114 Å². The molecular formula is C11H13IN2OS. The highest BCUT2D eigenvalue weighted by Gasteiger charge is 2.19. The van der Waals surface area contributed by atoms with Crippen LogP contribution in [0.3, 0.4) is 0 Å². The molecule has 1 amide bonds. The molecule has 0 aliphatic rings. The van der Waals surface area contributed by atoms with Crippen LogP contribution >= 0.6 is 34.8 Å². The lowest BCUT2D eigenvalue weighted by atomic mass is 10.1. The highest BCUT2D eigenvalue weighted by atomic mass is 127. The minimum Gasteiger partial charge on any atom is -0.393 e. The molecule has 0 aliphatic heterocycles. The van der Waals surface area contributed by atoms with E-state index in [1.165, 1.54) is 0 Å². The van der Waals surface area contributed by atoms with Crippen molar-refractivity contribution in [2.24, 2.45) is 11.7 Å². The first-order chi connectivity index (χ1) is 7.56. The molecule has 1 rings (SSSR count). The van der Waals surface area contributed by atoms with Gasteiger partial charge < -0.3 is 11.1 Å². The molecule has 3 nitrogen and oxygen atoms in total. The highest BCUT2D eigenvalue weighted by Crippen LogP contribution is 2.18. The second kappa shape index (κ2) is 6.15. The van der Waals surface area contributed by atoms with Crippen LogP contribution in [0.1, 0.15) is 13.3 Å². The fourth-order valence-electron chi connectivity index (χ4n) is 1.30. The number of benzene rings is 1. The topological polar surface area (TPSA) is 55.1 Å². The van der Waals surface area contributed by atoms with Gasteiger partial charge in [-0.05, 0) is 41.1 Å². The van der Waals surface area contributed by atoms with E-state index < -0.39 is 5.92 Å². The summed E-state index contributed by atoms with van der Waals surface area (Å²) in [7, 11) is 0. The van der Waals surface area contributed by atoms with E-state index in [1.807, 2.05) is 31.2 Å². The van der Waals surface area contributed by atoms with Crippen LogP contribution in [-0.2, 0) is 4.79 Å². The van der Waals surface area contributed by atoms with Crippen LogP contribution < -0.4 is 11.1 Å². The summed E-state index contributed by atoms with van der Waals surface area (Å²) in [6.45, 7) is 1.89. The number of anilines is 1. The number of hydrogen-bond acceptors (Lipinski definition) is 2. The van der Waals surface area contributed by atoms with Crippen molar-refractivity contribution in [3.63, 3.8) is 0 Å². The number of amides is 1. The predicted molar refractivity (Wildman–Crippen MR) is 78.4 cm³/mol. The molecule has 0 saturated heterocycles. The lowest BCUT2D eigenvalue weighted by Crippen LogP contribution is -2.32. The number of rotatable bonds is 4. The molecule has 0 aromatic heterocycles. The summed E-state index contributed by atoms with van der Waals surface area (Å²) in [6, 6.07) is 7.58. The van der Waals surface area contributed by atoms with Crippen molar-refractivity contribution in [1.29, 1.82) is 0 Å². The molecule has 1 aromatic rings. The van der Waals surface area contributed by atoms with Crippen LogP contribution in [0.2, 0.25) is 0 Å². The number of nitrogens with two attached hydrogens (primary N) is 1. The van der Waals surface area contributed by atoms with E-state index in [0.29, 0.717) is 6.42 Å². The van der Waals surface area contributed by atoms with Gasteiger partial charge in [-0.15, -0.1) is 0 Å². The first-order valence-electron chi connectivity index (χ1n) is 4.91. The Balaban J connectivity index is 2.78. The van der Waals surface area contributed by atoms with Crippen LogP contribution in [-0.4, -0.2) is 10.9 Å². The molecule has 1 unspecified atom stereocenters. The van der Waals surface area contributed by atoms with Crippen molar-refractivity contribution in [2.75, 3.05) is 5.32 Å². The van der Waals surface area contributed by atoms with Gasteiger partial charge in [-0.3, -0.25) is 4.79 Å². The molecule has 0 fully saturated rings. The Morgan fingerprint density at radius 2 is 2.19 bits per heavy atom. The van der Waals surface area contributed by atoms with Crippen molar-refractivity contribution in [1.82, 2.24) is 0 Å². The minimum absolute atomic E-state index is 0.140. The molecule has 5 heteroatoms. The number of carbonyl (C=O) groups is 1. The van der Waals surface area contributed by atoms with Crippen molar-refractivity contribution in [3.8, 4) is 0 Å². The number of thiocarbonyl (C=S) groups is 1. The van der Waals surface area contributed by atoms with Gasteiger partial charge in [-0.1, -0.05) is 31.3 Å². The smallest absolute Gasteiger partial charge is 0.234 e. The predicted octanol–water partition coefficient (Wildman–Crippen LogP) is 2.54. The van der Waals surface area contributed by atoms with Gasteiger partial charge in [-0.2, -0.15) is 0 Å². The van der Waals surface area contributed by atoms with Crippen LogP contribution in [0.15, 0.2) is 24.3 Å². The van der Waals surface area contributed by atoms with Crippen LogP contribution in [0, 0.1) is 9.49 Å². The third-order valence-corrected chi connectivity index (χ3v) is 3.43. The fraction of sp³-hybridized carbons (Fsp3) is 0.273. The molecule has 16 heavy (non-hydrogen) atoms. The van der Waals surface area contributed by atoms with Crippen molar-refractivity contribution in [2.45, 2.75) is 13.3 Å². The van der Waals surface area contributed by atoms with E-state index in [4.69, 9.17) is 18.0 Å². The molecule has 0 bridgehead atoms. The lowest BCUT2D eigenvalue weighted by Gasteiger charge is -2.14. The van der Waals surface area contributed by atoms with Crippen LogP contribution in [0.5, 0.6) is 0 Å². The summed E-state index contributed by atoms with van der Waals surface area (Å²) in [5.74, 6) is -0.537. The Bertz CT molecular complexity index is 409. The molecule has 0 heterocycles. The van der Waals surface area contributed by atoms with Crippen LogP contribution in [0.4, 0.5) is 5.69 Å². The molecule has 1 atom stereocenters. The van der Waals surface area contributed by atoms with Crippen molar-refractivity contribution < 1.29 is 4.79 Å². The molecule has 86 valence electrons. The number of para-hydroxylation sites is 1. The summed E-state index contributed by atoms with van der Waals surface area (Å²) in [5, 5.41) is 2.83. The van der Waals surface area contributed by atoms with E-state index in [9.17, 15) is 4.79 Å². The zero-order chi connectivity index (χ0) is 12.1. The SMILES string of the molecule is CCC(C(=O)Nc1ccccc1I)C(N)=S. The maximum Gasteiger partial charge on any atom is 0.234 e. The first kappa shape index (κ1) is 13.4. The molecule has 1 aromatic carbocycles. The first-order valence-corrected chi connectivity index (χ1v) is 6.39. The van der Waals surface area contributed by atoms with E-state index in [2.05, 4.69) is 27.9 Å². The third kappa shape index (κ3) is 3.41. The molecule has 0 radical (unpaired) electrons. The van der Waals surface area contributed by atoms with Gasteiger partial charge in [0.1, 0.15) is 0 Å². The van der Waals surface area contributed by atoms with Gasteiger partial charge in [0, 0.05) is 3.57 Å². The fourth-order valence-corrected chi connectivity index (χ4v) is 2.09. The molecule has 0 aliphatic carbocycles. The van der Waals surface area contributed by atoms with E-state index >= 15 is 0 Å². The quantitative estimate of drug-likeness (QED) is 0.650. The largest absolute Gasteiger partial charge is 0.393 e. The number of halogens is 1. The second-order valence-electron chi connectivity index (χ2n) is 3.33. The highest BCUT2D eigenvalue weighted by molar-refractivity contribution is 14.1. The zero-order valence-electron chi connectivity index (χ0n) is 8.87. The normalized spacial score (nSPS) is 11.9. The summed E-state index contributed by atoms with van der Waals surface area (Å²) < 4.78 is 0.992. The maximum absolute atomic E-state index is 11.9. The van der Waals surface area contributed by atoms with E-state index in [-0.39, 0.29) is 10.9 Å². The monoisotopic (exact) mass is 348 g/mol. The minimum atomic E-state index is -0.397. The maximum atomic E-state index is 11.9. The van der Waals surface area contributed by atoms with Crippen molar-refractivity contribution >= 4 is 51.4 Å². The number of hydrogen-bond donors (Lipinski definition) is 2. The van der Waals surface area contributed by atoms with E-state index in [0.717, 1.165) is 9.26 Å². The summed E-state index contributed by atoms with van der Waals surface area (Å²) in [6.07, 6.45) is 0.616. The van der Waals surface area contributed by atoms with Gasteiger partial charge in [-0.25, -0.2) is 0 Å². The Kier molecular flexibility index (Phi) is 5.14. The standard InChI is InChI=1S/C11H13IN2OS/c1-2-7(10(13)16)11(15)14-9-6-4-3-5-8(9)12/h3-7H,2H2,1H3,(H2,13,16)(H,14,15). The number of nitrogens with one attached hydrogen (secondary N) is 1. The van der Waals surface area contributed by atoms with E-state index in [1.54, 1.807) is 0 Å². The zero-order valence-corrected chi connectivity index (χ0v) is 11.8. The van der Waals surface area contributed by atoms with Crippen molar-refractivity contribution in [3.05, 3.63) is 27.8 Å². The molecule has 0 saturated carbocycles. The van der Waals surface area contributed by atoms with Gasteiger partial charge in [0.05, 0.1) is 16.6 Å². The van der Waals surface area contributed by atoms with Gasteiger partial charge in [0.2, 0.25) is 5.91 Å². The van der Waals surface area contributed by atoms with Crippen LogP contribution in [0.25, 0.3) is 0 Å². The molecular weight excluding hydrogens is 335 g/mol. The average Bonchev–Trinajstić information content (AvgIpc) is 2.22.